The van der Waals surface area contributed by atoms with Gasteiger partial charge in [0, 0.05) is 25.1 Å². The lowest BCUT2D eigenvalue weighted by atomic mass is 10.1. The van der Waals surface area contributed by atoms with Crippen LogP contribution in [0, 0.1) is 0 Å². The van der Waals surface area contributed by atoms with E-state index in [1.165, 1.54) is 26.4 Å². The molecule has 14 heteroatoms. The third-order valence-electron chi connectivity index (χ3n) is 6.57. The quantitative estimate of drug-likeness (QED) is 0.163. The molecule has 1 aliphatic heterocycles. The van der Waals surface area contributed by atoms with Gasteiger partial charge in [0.15, 0.2) is 23.1 Å². The van der Waals surface area contributed by atoms with E-state index in [0.717, 1.165) is 6.29 Å². The fourth-order valence-electron chi connectivity index (χ4n) is 4.52. The molecule has 1 fully saturated rings. The summed E-state index contributed by atoms with van der Waals surface area (Å²) >= 11 is 0. The van der Waals surface area contributed by atoms with E-state index < -0.39 is 15.9 Å². The number of ether oxygens (including phenoxy) is 3. The third kappa shape index (κ3) is 6.92. The standard InChI is InChI=1S/C29H29F2N5O6S/c1-40-20-14-24(26(25(15-20)41-2)42-13-5-12-37)34-27-28(33-23-7-4-3-6-22(23)32-27)35-43(38,39)21-10-8-19(9-11-21)16-36-17-29(30,31)18-36/h3-4,6-12,14-15H,5,13,16-18H2,1-2H3,(H,32,34)(H,33,35). The van der Waals surface area contributed by atoms with Gasteiger partial charge < -0.3 is 24.3 Å². The molecule has 0 bridgehead atoms. The van der Waals surface area contributed by atoms with E-state index in [4.69, 9.17) is 14.2 Å². The molecule has 0 unspecified atom stereocenters. The van der Waals surface area contributed by atoms with E-state index in [1.54, 1.807) is 53.4 Å². The summed E-state index contributed by atoms with van der Waals surface area (Å²) in [6, 6.07) is 16.1. The van der Waals surface area contributed by atoms with Crippen LogP contribution in [0.5, 0.6) is 17.2 Å². The number of hydrogen-bond donors (Lipinski definition) is 2. The minimum absolute atomic E-state index is 0.0490. The number of para-hydroxylation sites is 2. The normalized spacial score (nSPS) is 14.5. The zero-order chi connectivity index (χ0) is 30.6. The van der Waals surface area contributed by atoms with Crippen LogP contribution in [0.25, 0.3) is 11.0 Å². The first-order valence-electron chi connectivity index (χ1n) is 13.2. The van der Waals surface area contributed by atoms with Gasteiger partial charge in [-0.15, -0.1) is 0 Å². The van der Waals surface area contributed by atoms with Gasteiger partial charge >= 0.3 is 0 Å². The summed E-state index contributed by atoms with van der Waals surface area (Å²) in [7, 11) is -1.22. The lowest BCUT2D eigenvalue weighted by Crippen LogP contribution is -2.55. The summed E-state index contributed by atoms with van der Waals surface area (Å²) in [6.07, 6.45) is 0.861. The number of carbonyl (C=O) groups excluding carboxylic acids is 1. The highest BCUT2D eigenvalue weighted by molar-refractivity contribution is 7.92. The first kappa shape index (κ1) is 29.9. The number of aldehydes is 1. The Morgan fingerprint density at radius 3 is 2.26 bits per heavy atom. The highest BCUT2D eigenvalue weighted by Gasteiger charge is 2.43. The van der Waals surface area contributed by atoms with E-state index in [9.17, 15) is 22.0 Å². The SMILES string of the molecule is COc1cc(Nc2nc3ccccc3nc2NS(=O)(=O)c2ccc(CN3CC(F)(F)C3)cc2)c(OCCC=O)c(OC)c1. The molecular formula is C29H29F2N5O6S. The van der Waals surface area contributed by atoms with Crippen LogP contribution in [-0.4, -0.2) is 69.4 Å². The second-order valence-electron chi connectivity index (χ2n) is 9.80. The second kappa shape index (κ2) is 12.4. The molecule has 43 heavy (non-hydrogen) atoms. The molecule has 3 aromatic carbocycles. The van der Waals surface area contributed by atoms with Crippen LogP contribution >= 0.6 is 0 Å². The van der Waals surface area contributed by atoms with Gasteiger partial charge in [-0.2, -0.15) is 0 Å². The Hall–Kier alpha value is -4.56. The number of alkyl halides is 2. The maximum Gasteiger partial charge on any atom is 0.272 e. The molecule has 0 radical (unpaired) electrons. The molecule has 0 atom stereocenters. The number of aromatic nitrogens is 2. The highest BCUT2D eigenvalue weighted by atomic mass is 32.2. The van der Waals surface area contributed by atoms with E-state index in [2.05, 4.69) is 20.0 Å². The number of rotatable bonds is 13. The van der Waals surface area contributed by atoms with Gasteiger partial charge in [0.2, 0.25) is 0 Å². The number of anilines is 3. The Kier molecular flexibility index (Phi) is 8.59. The van der Waals surface area contributed by atoms with Crippen molar-refractivity contribution in [1.29, 1.82) is 0 Å². The molecule has 5 rings (SSSR count). The van der Waals surface area contributed by atoms with Crippen molar-refractivity contribution in [2.24, 2.45) is 0 Å². The predicted molar refractivity (Wildman–Crippen MR) is 156 cm³/mol. The summed E-state index contributed by atoms with van der Waals surface area (Å²) in [4.78, 5) is 21.5. The Bertz CT molecular complexity index is 1730. The molecule has 1 saturated heterocycles. The van der Waals surface area contributed by atoms with E-state index in [-0.39, 0.29) is 54.9 Å². The Labute approximate surface area is 246 Å². The van der Waals surface area contributed by atoms with Crippen LogP contribution in [0.1, 0.15) is 12.0 Å². The summed E-state index contributed by atoms with van der Waals surface area (Å²) in [5, 5.41) is 3.09. The fourth-order valence-corrected chi connectivity index (χ4v) is 5.53. The molecule has 0 amide bonds. The average molecular weight is 614 g/mol. The molecule has 0 saturated carbocycles. The van der Waals surface area contributed by atoms with Gasteiger partial charge in [0.05, 0.1) is 55.5 Å². The Morgan fingerprint density at radius 2 is 1.65 bits per heavy atom. The van der Waals surface area contributed by atoms with Gasteiger partial charge in [0.25, 0.3) is 15.9 Å². The smallest absolute Gasteiger partial charge is 0.272 e. The molecule has 2 heterocycles. The number of sulfonamides is 1. The third-order valence-corrected chi connectivity index (χ3v) is 7.93. The van der Waals surface area contributed by atoms with Crippen LogP contribution in [0.2, 0.25) is 0 Å². The minimum atomic E-state index is -4.15. The van der Waals surface area contributed by atoms with E-state index in [1.807, 2.05) is 0 Å². The number of nitrogens with one attached hydrogen (secondary N) is 2. The molecular weight excluding hydrogens is 584 g/mol. The van der Waals surface area contributed by atoms with Crippen LogP contribution in [0.4, 0.5) is 26.1 Å². The first-order valence-corrected chi connectivity index (χ1v) is 14.7. The number of hydrogen-bond acceptors (Lipinski definition) is 10. The molecule has 1 aliphatic rings. The zero-order valence-corrected chi connectivity index (χ0v) is 24.2. The number of fused-ring (bicyclic) bond motifs is 1. The molecule has 4 aromatic rings. The lowest BCUT2D eigenvalue weighted by molar-refractivity contribution is -0.133. The number of benzene rings is 3. The second-order valence-corrected chi connectivity index (χ2v) is 11.5. The van der Waals surface area contributed by atoms with Crippen molar-refractivity contribution in [1.82, 2.24) is 14.9 Å². The molecule has 11 nitrogen and oxygen atoms in total. The fraction of sp³-hybridized carbons (Fsp3) is 0.276. The maximum atomic E-state index is 13.5. The highest BCUT2D eigenvalue weighted by Crippen LogP contribution is 2.42. The summed E-state index contributed by atoms with van der Waals surface area (Å²) < 4.78 is 72.5. The van der Waals surface area contributed by atoms with Gasteiger partial charge in [-0.1, -0.05) is 24.3 Å². The maximum absolute atomic E-state index is 13.5. The van der Waals surface area contributed by atoms with Crippen molar-refractivity contribution < 1.29 is 36.2 Å². The number of halogens is 2. The number of methoxy groups -OCH3 is 2. The van der Waals surface area contributed by atoms with Crippen LogP contribution < -0.4 is 24.2 Å². The van der Waals surface area contributed by atoms with Crippen molar-refractivity contribution in [2.45, 2.75) is 23.8 Å². The van der Waals surface area contributed by atoms with Gasteiger partial charge in [0.1, 0.15) is 12.0 Å². The van der Waals surface area contributed by atoms with Crippen molar-refractivity contribution in [3.05, 3.63) is 66.2 Å². The summed E-state index contributed by atoms with van der Waals surface area (Å²) in [5.41, 5.74) is 1.97. The number of nitrogens with zero attached hydrogens (tertiary/aromatic N) is 3. The van der Waals surface area contributed by atoms with Gasteiger partial charge in [-0.05, 0) is 29.8 Å². The predicted octanol–water partition coefficient (Wildman–Crippen LogP) is 4.61. The molecule has 226 valence electrons. The van der Waals surface area contributed by atoms with Gasteiger partial charge in [-0.25, -0.2) is 27.2 Å². The molecule has 0 spiro atoms. The van der Waals surface area contributed by atoms with Crippen LogP contribution in [0.3, 0.4) is 0 Å². The van der Waals surface area contributed by atoms with Crippen molar-refractivity contribution >= 4 is 44.7 Å². The largest absolute Gasteiger partial charge is 0.497 e. The zero-order valence-electron chi connectivity index (χ0n) is 23.3. The average Bonchev–Trinajstić information content (AvgIpc) is 2.97. The first-order chi connectivity index (χ1) is 20.6. The summed E-state index contributed by atoms with van der Waals surface area (Å²) in [6.45, 7) is -0.295. The monoisotopic (exact) mass is 613 g/mol. The van der Waals surface area contributed by atoms with E-state index >= 15 is 0 Å². The Balaban J connectivity index is 1.47. The van der Waals surface area contributed by atoms with Crippen molar-refractivity contribution in [2.75, 3.05) is 44.0 Å². The lowest BCUT2D eigenvalue weighted by Gasteiger charge is -2.38. The number of likely N-dealkylation sites (tertiary alicyclic amines) is 1. The van der Waals surface area contributed by atoms with Crippen LogP contribution in [0.15, 0.2) is 65.6 Å². The molecule has 1 aromatic heterocycles. The summed E-state index contributed by atoms with van der Waals surface area (Å²) in [5.74, 6) is -1.73. The van der Waals surface area contributed by atoms with Crippen molar-refractivity contribution in [3.63, 3.8) is 0 Å². The minimum Gasteiger partial charge on any atom is -0.497 e. The molecule has 2 N–H and O–H groups in total. The van der Waals surface area contributed by atoms with Crippen molar-refractivity contribution in [3.8, 4) is 17.2 Å². The molecule has 0 aliphatic carbocycles. The van der Waals surface area contributed by atoms with Crippen LogP contribution in [-0.2, 0) is 21.4 Å². The number of carbonyl (C=O) groups is 1. The van der Waals surface area contributed by atoms with E-state index in [0.29, 0.717) is 33.8 Å². The topological polar surface area (TPSA) is 132 Å². The van der Waals surface area contributed by atoms with Gasteiger partial charge in [-0.3, -0.25) is 9.62 Å². The Morgan fingerprint density at radius 1 is 0.977 bits per heavy atom.